The van der Waals surface area contributed by atoms with Crippen LogP contribution in [0.15, 0.2) is 53.9 Å². The summed E-state index contributed by atoms with van der Waals surface area (Å²) in [7, 11) is 0.0603. The molecule has 0 aliphatic heterocycles. The predicted octanol–water partition coefficient (Wildman–Crippen LogP) is 2.80. The van der Waals surface area contributed by atoms with E-state index in [0.29, 0.717) is 5.39 Å². The first kappa shape index (κ1) is 14.6. The lowest BCUT2D eigenvalue weighted by molar-refractivity contribution is 0.358. The highest BCUT2D eigenvalue weighted by atomic mass is 32.2. The van der Waals surface area contributed by atoms with Crippen molar-refractivity contribution >= 4 is 26.6 Å². The van der Waals surface area contributed by atoms with E-state index in [1.807, 2.05) is 37.2 Å². The molecule has 0 atom stereocenters. The van der Waals surface area contributed by atoms with Crippen LogP contribution in [0.5, 0.6) is 0 Å². The summed E-state index contributed by atoms with van der Waals surface area (Å²) in [4.78, 5) is 2.13. The van der Waals surface area contributed by atoms with Crippen LogP contribution in [0, 0.1) is 0 Å². The Morgan fingerprint density at radius 3 is 2.45 bits per heavy atom. The molecule has 0 aromatic heterocycles. The van der Waals surface area contributed by atoms with Crippen molar-refractivity contribution in [3.05, 3.63) is 49.1 Å². The van der Waals surface area contributed by atoms with Gasteiger partial charge in [-0.3, -0.25) is 4.18 Å². The molecule has 2 aromatic carbocycles. The van der Waals surface area contributed by atoms with Gasteiger partial charge in [-0.1, -0.05) is 30.3 Å². The molecule has 0 N–H and O–H groups in total. The van der Waals surface area contributed by atoms with E-state index in [-0.39, 0.29) is 11.5 Å². The van der Waals surface area contributed by atoms with Gasteiger partial charge in [-0.15, -0.1) is 6.58 Å². The van der Waals surface area contributed by atoms with E-state index in [1.54, 1.807) is 18.2 Å². The van der Waals surface area contributed by atoms with E-state index in [9.17, 15) is 8.42 Å². The summed E-state index contributed by atoms with van der Waals surface area (Å²) in [5.74, 6) is 0. The number of benzene rings is 2. The van der Waals surface area contributed by atoms with Crippen LogP contribution in [0.1, 0.15) is 0 Å². The first-order valence-electron chi connectivity index (χ1n) is 6.17. The molecule has 0 amide bonds. The van der Waals surface area contributed by atoms with Gasteiger partial charge >= 0.3 is 0 Å². The molecule has 0 saturated carbocycles. The first-order valence-corrected chi connectivity index (χ1v) is 7.57. The molecule has 0 saturated heterocycles. The van der Waals surface area contributed by atoms with Crippen LogP contribution in [0.2, 0.25) is 0 Å². The summed E-state index contributed by atoms with van der Waals surface area (Å²) in [5, 5.41) is 1.53. The zero-order chi connectivity index (χ0) is 14.8. The summed E-state index contributed by atoms with van der Waals surface area (Å²) in [6.07, 6.45) is 1.41. The molecular weight excluding hydrogens is 274 g/mol. The third-order valence-corrected chi connectivity index (χ3v) is 4.29. The molecule has 5 heteroatoms. The lowest BCUT2D eigenvalue weighted by atomic mass is 10.1. The number of hydrogen-bond donors (Lipinski definition) is 0. The average Bonchev–Trinajstić information content (AvgIpc) is 2.43. The van der Waals surface area contributed by atoms with E-state index in [1.165, 1.54) is 6.08 Å². The summed E-state index contributed by atoms with van der Waals surface area (Å²) in [6.45, 7) is 3.43. The van der Waals surface area contributed by atoms with Crippen molar-refractivity contribution in [1.82, 2.24) is 0 Å². The Bertz CT molecular complexity index is 736. The van der Waals surface area contributed by atoms with Crippen molar-refractivity contribution in [2.75, 3.05) is 25.6 Å². The van der Waals surface area contributed by atoms with Gasteiger partial charge < -0.3 is 4.90 Å². The first-order chi connectivity index (χ1) is 9.47. The lowest BCUT2D eigenvalue weighted by Gasteiger charge is -2.16. The van der Waals surface area contributed by atoms with Gasteiger partial charge in [-0.2, -0.15) is 8.42 Å². The van der Waals surface area contributed by atoms with Crippen LogP contribution >= 0.6 is 0 Å². The van der Waals surface area contributed by atoms with Gasteiger partial charge in [0.25, 0.3) is 10.1 Å². The molecule has 106 valence electrons. The predicted molar refractivity (Wildman–Crippen MR) is 81.6 cm³/mol. The topological polar surface area (TPSA) is 46.6 Å². The minimum absolute atomic E-state index is 0.0356. The lowest BCUT2D eigenvalue weighted by Crippen LogP contribution is -2.10. The summed E-state index contributed by atoms with van der Waals surface area (Å²) in [5.41, 5.74) is 0.961. The molecule has 0 radical (unpaired) electrons. The largest absolute Gasteiger partial charge is 0.377 e. The second-order valence-electron chi connectivity index (χ2n) is 4.55. The zero-order valence-corrected chi connectivity index (χ0v) is 12.4. The molecule has 0 fully saturated rings. The molecular formula is C15H17NO3S. The van der Waals surface area contributed by atoms with Crippen LogP contribution in [0.4, 0.5) is 5.69 Å². The Kier molecular flexibility index (Phi) is 4.11. The zero-order valence-electron chi connectivity index (χ0n) is 11.5. The molecule has 0 unspecified atom stereocenters. The highest BCUT2D eigenvalue weighted by molar-refractivity contribution is 7.87. The fraction of sp³-hybridized carbons (Fsp3) is 0.200. The molecule has 0 heterocycles. The second kappa shape index (κ2) is 5.64. The van der Waals surface area contributed by atoms with Crippen molar-refractivity contribution in [1.29, 1.82) is 0 Å². The van der Waals surface area contributed by atoms with E-state index >= 15 is 0 Å². The Hall–Kier alpha value is -1.85. The van der Waals surface area contributed by atoms with Gasteiger partial charge in [0.2, 0.25) is 0 Å². The Balaban J connectivity index is 2.67. The van der Waals surface area contributed by atoms with Crippen molar-refractivity contribution in [3.63, 3.8) is 0 Å². The highest BCUT2D eigenvalue weighted by Crippen LogP contribution is 2.30. The Morgan fingerprint density at radius 2 is 1.80 bits per heavy atom. The highest BCUT2D eigenvalue weighted by Gasteiger charge is 2.18. The molecule has 0 aliphatic rings. The van der Waals surface area contributed by atoms with Gasteiger partial charge in [0.05, 0.1) is 6.61 Å². The number of fused-ring (bicyclic) bond motifs is 1. The van der Waals surface area contributed by atoms with Gasteiger partial charge in [-0.05, 0) is 12.1 Å². The van der Waals surface area contributed by atoms with Crippen molar-refractivity contribution in [2.24, 2.45) is 0 Å². The van der Waals surface area contributed by atoms with Crippen LogP contribution in [0.25, 0.3) is 10.8 Å². The van der Waals surface area contributed by atoms with Crippen LogP contribution in [-0.2, 0) is 14.3 Å². The van der Waals surface area contributed by atoms with E-state index < -0.39 is 10.1 Å². The van der Waals surface area contributed by atoms with Gasteiger partial charge in [-0.25, -0.2) is 0 Å². The van der Waals surface area contributed by atoms with Crippen molar-refractivity contribution in [3.8, 4) is 0 Å². The van der Waals surface area contributed by atoms with Crippen LogP contribution in [-0.4, -0.2) is 29.1 Å². The normalized spacial score (nSPS) is 11.5. The molecule has 4 nitrogen and oxygen atoms in total. The summed E-state index contributed by atoms with van der Waals surface area (Å²) < 4.78 is 29.3. The number of rotatable bonds is 5. The minimum atomic E-state index is -3.78. The molecule has 20 heavy (non-hydrogen) atoms. The van der Waals surface area contributed by atoms with Crippen molar-refractivity contribution < 1.29 is 12.6 Å². The monoisotopic (exact) mass is 291 g/mol. The fourth-order valence-electron chi connectivity index (χ4n) is 2.07. The van der Waals surface area contributed by atoms with Crippen molar-refractivity contribution in [2.45, 2.75) is 4.90 Å². The number of nitrogens with zero attached hydrogens (tertiary/aromatic N) is 1. The molecule has 0 spiro atoms. The molecule has 2 rings (SSSR count). The van der Waals surface area contributed by atoms with Gasteiger partial charge in [0, 0.05) is 30.6 Å². The maximum absolute atomic E-state index is 12.2. The maximum atomic E-state index is 12.2. The molecule has 0 bridgehead atoms. The van der Waals surface area contributed by atoms with E-state index in [4.69, 9.17) is 4.18 Å². The number of hydrogen-bond acceptors (Lipinski definition) is 4. The average molecular weight is 291 g/mol. The second-order valence-corrected chi connectivity index (χ2v) is 6.13. The quantitative estimate of drug-likeness (QED) is 0.628. The van der Waals surface area contributed by atoms with Gasteiger partial charge in [0.15, 0.2) is 0 Å². The van der Waals surface area contributed by atoms with Gasteiger partial charge in [0.1, 0.15) is 4.90 Å². The fourth-order valence-corrected chi connectivity index (χ4v) is 3.17. The minimum Gasteiger partial charge on any atom is -0.377 e. The summed E-state index contributed by atoms with van der Waals surface area (Å²) >= 11 is 0. The Labute approximate surface area is 119 Å². The third kappa shape index (κ3) is 2.69. The third-order valence-electron chi connectivity index (χ3n) is 2.95. The molecule has 0 aliphatic carbocycles. The SMILES string of the molecule is C=CCOS(=O)(=O)c1cccc2c(N(C)C)cccc12. The van der Waals surface area contributed by atoms with E-state index in [2.05, 4.69) is 6.58 Å². The standard InChI is InChI=1S/C15H17NO3S/c1-4-11-19-20(17,18)15-10-6-7-12-13(15)8-5-9-14(12)16(2)3/h4-10H,1,11H2,2-3H3. The number of anilines is 1. The maximum Gasteiger partial charge on any atom is 0.297 e. The van der Waals surface area contributed by atoms with Crippen LogP contribution < -0.4 is 4.90 Å². The smallest absolute Gasteiger partial charge is 0.297 e. The van der Waals surface area contributed by atoms with Crippen LogP contribution in [0.3, 0.4) is 0 Å². The summed E-state index contributed by atoms with van der Waals surface area (Å²) in [6, 6.07) is 10.7. The Morgan fingerprint density at radius 1 is 1.15 bits per heavy atom. The molecule has 2 aromatic rings. The van der Waals surface area contributed by atoms with E-state index in [0.717, 1.165) is 11.1 Å².